The number of ether oxygens (including phenoxy) is 5. The number of rotatable bonds is 11. The SMILES string of the molecule is CC[C@H](C)[C@@H](Nc1ccc2c(cc1=O)[C@H](NC(C)=O)CCc1cc(OC)c(OC)c(OC)c1-2)C(=O)NCC1COc2ccccc2O1. The van der Waals surface area contributed by atoms with Crippen LogP contribution in [0, 0.1) is 5.92 Å². The Labute approximate surface area is 274 Å². The second-order valence-corrected chi connectivity index (χ2v) is 11.8. The fourth-order valence-electron chi connectivity index (χ4n) is 6.18. The number of aryl methyl sites for hydroxylation is 1. The predicted octanol–water partition coefficient (Wildman–Crippen LogP) is 4.65. The maximum atomic E-state index is 13.9. The molecule has 0 saturated carbocycles. The number of fused-ring (bicyclic) bond motifs is 4. The minimum absolute atomic E-state index is 0.105. The van der Waals surface area contributed by atoms with Crippen LogP contribution in [-0.4, -0.2) is 58.4 Å². The molecule has 3 N–H and O–H groups in total. The van der Waals surface area contributed by atoms with Crippen molar-refractivity contribution in [3.8, 4) is 39.9 Å². The molecule has 11 heteroatoms. The summed E-state index contributed by atoms with van der Waals surface area (Å²) in [5, 5.41) is 9.26. The van der Waals surface area contributed by atoms with Crippen molar-refractivity contribution in [2.24, 2.45) is 5.92 Å². The highest BCUT2D eigenvalue weighted by atomic mass is 16.6. The molecule has 1 heterocycles. The lowest BCUT2D eigenvalue weighted by atomic mass is 9.95. The van der Waals surface area contributed by atoms with Crippen LogP contribution in [0.3, 0.4) is 0 Å². The van der Waals surface area contributed by atoms with Crippen molar-refractivity contribution in [1.29, 1.82) is 0 Å². The topological polar surface area (TPSA) is 133 Å². The number of anilines is 1. The molecule has 4 atom stereocenters. The monoisotopic (exact) mass is 645 g/mol. The van der Waals surface area contributed by atoms with E-state index in [2.05, 4.69) is 16.0 Å². The van der Waals surface area contributed by atoms with Crippen LogP contribution in [-0.2, 0) is 16.0 Å². The van der Waals surface area contributed by atoms with Gasteiger partial charge in [0.1, 0.15) is 18.8 Å². The largest absolute Gasteiger partial charge is 0.493 e. The van der Waals surface area contributed by atoms with Crippen LogP contribution < -0.4 is 45.1 Å². The second kappa shape index (κ2) is 14.7. The first-order chi connectivity index (χ1) is 22.7. The van der Waals surface area contributed by atoms with Crippen LogP contribution in [0.15, 0.2) is 53.3 Å². The van der Waals surface area contributed by atoms with E-state index in [1.54, 1.807) is 33.5 Å². The Bertz CT molecular complexity index is 1690. The van der Waals surface area contributed by atoms with Crippen LogP contribution in [0.25, 0.3) is 11.1 Å². The molecule has 0 bridgehead atoms. The highest BCUT2D eigenvalue weighted by Crippen LogP contribution is 2.50. The summed E-state index contributed by atoms with van der Waals surface area (Å²) in [7, 11) is 4.66. The van der Waals surface area contributed by atoms with E-state index in [4.69, 9.17) is 23.7 Å². The van der Waals surface area contributed by atoms with E-state index >= 15 is 0 Å². The van der Waals surface area contributed by atoms with Crippen molar-refractivity contribution in [3.63, 3.8) is 0 Å². The molecule has 47 heavy (non-hydrogen) atoms. The smallest absolute Gasteiger partial charge is 0.242 e. The van der Waals surface area contributed by atoms with E-state index in [0.29, 0.717) is 65.7 Å². The molecule has 3 aromatic rings. The van der Waals surface area contributed by atoms with Gasteiger partial charge in [0.2, 0.25) is 23.0 Å². The molecule has 3 aromatic carbocycles. The molecule has 5 rings (SSSR count). The summed E-state index contributed by atoms with van der Waals surface area (Å²) in [6.07, 6.45) is 1.47. The number of hydrogen-bond donors (Lipinski definition) is 3. The highest BCUT2D eigenvalue weighted by Gasteiger charge is 2.31. The van der Waals surface area contributed by atoms with Gasteiger partial charge in [-0.05, 0) is 65.8 Å². The van der Waals surface area contributed by atoms with E-state index in [9.17, 15) is 14.4 Å². The van der Waals surface area contributed by atoms with Gasteiger partial charge in [0.05, 0.1) is 39.6 Å². The standard InChI is InChI=1S/C36H43N3O8/c1-7-20(2)33(36(42)37-18-23-19-46-29-10-8-9-11-30(29)47-23)39-27-15-13-24-25(17-28(27)41)26(38-21(3)40)14-12-22-16-31(43-4)34(44-5)35(45-6)32(22)24/h8-11,13,15-17,20,23,26,33H,7,12,14,18-19H2,1-6H3,(H,37,42)(H,38,40)(H,39,41)/t20-,23?,26+,33+/m0/s1. The first kappa shape index (κ1) is 33.4. The number of hydrogen-bond acceptors (Lipinski definition) is 9. The summed E-state index contributed by atoms with van der Waals surface area (Å²) in [4.78, 5) is 39.8. The van der Waals surface area contributed by atoms with Gasteiger partial charge in [-0.15, -0.1) is 0 Å². The van der Waals surface area contributed by atoms with Crippen LogP contribution in [0.1, 0.15) is 50.8 Å². The molecule has 0 radical (unpaired) electrons. The number of nitrogens with one attached hydrogen (secondary N) is 3. The van der Waals surface area contributed by atoms with Gasteiger partial charge in [-0.2, -0.15) is 0 Å². The third kappa shape index (κ3) is 7.08. The van der Waals surface area contributed by atoms with Crippen molar-refractivity contribution in [2.75, 3.05) is 39.8 Å². The fraction of sp³-hybridized carbons (Fsp3) is 0.417. The van der Waals surface area contributed by atoms with Crippen molar-refractivity contribution in [2.45, 2.75) is 58.2 Å². The third-order valence-corrected chi connectivity index (χ3v) is 8.79. The summed E-state index contributed by atoms with van der Waals surface area (Å²) in [5.74, 6) is 2.14. The van der Waals surface area contributed by atoms with Gasteiger partial charge in [-0.3, -0.25) is 14.4 Å². The number of carbonyl (C=O) groups is 2. The lowest BCUT2D eigenvalue weighted by Gasteiger charge is -2.28. The van der Waals surface area contributed by atoms with Gasteiger partial charge in [0.25, 0.3) is 0 Å². The van der Waals surface area contributed by atoms with E-state index in [0.717, 1.165) is 11.1 Å². The summed E-state index contributed by atoms with van der Waals surface area (Å²) < 4.78 is 29.0. The summed E-state index contributed by atoms with van der Waals surface area (Å²) >= 11 is 0. The van der Waals surface area contributed by atoms with E-state index < -0.39 is 12.1 Å². The fourth-order valence-corrected chi connectivity index (χ4v) is 6.18. The molecular formula is C36H43N3O8. The molecule has 11 nitrogen and oxygen atoms in total. The first-order valence-corrected chi connectivity index (χ1v) is 15.9. The second-order valence-electron chi connectivity index (χ2n) is 11.8. The van der Waals surface area contributed by atoms with Crippen molar-refractivity contribution in [1.82, 2.24) is 10.6 Å². The average Bonchev–Trinajstić information content (AvgIpc) is 3.32. The minimum Gasteiger partial charge on any atom is -0.493 e. The summed E-state index contributed by atoms with van der Waals surface area (Å²) in [5.41, 5.74) is 2.97. The molecular weight excluding hydrogens is 602 g/mol. The van der Waals surface area contributed by atoms with Gasteiger partial charge in [0, 0.05) is 12.5 Å². The maximum Gasteiger partial charge on any atom is 0.242 e. The third-order valence-electron chi connectivity index (χ3n) is 8.79. The highest BCUT2D eigenvalue weighted by molar-refractivity contribution is 5.86. The first-order valence-electron chi connectivity index (χ1n) is 15.9. The van der Waals surface area contributed by atoms with E-state index in [1.807, 2.05) is 50.2 Å². The quantitative estimate of drug-likeness (QED) is 0.273. The van der Waals surface area contributed by atoms with Crippen LogP contribution in [0.5, 0.6) is 28.7 Å². The molecule has 2 aliphatic rings. The Morgan fingerprint density at radius 3 is 2.43 bits per heavy atom. The zero-order valence-electron chi connectivity index (χ0n) is 27.7. The van der Waals surface area contributed by atoms with Crippen molar-refractivity contribution in [3.05, 3.63) is 69.9 Å². The predicted molar refractivity (Wildman–Crippen MR) is 179 cm³/mol. The molecule has 0 aromatic heterocycles. The number of methoxy groups -OCH3 is 3. The Morgan fingerprint density at radius 2 is 1.74 bits per heavy atom. The van der Waals surface area contributed by atoms with E-state index in [1.165, 1.54) is 6.92 Å². The van der Waals surface area contributed by atoms with Crippen molar-refractivity contribution < 1.29 is 33.3 Å². The minimum atomic E-state index is -0.705. The van der Waals surface area contributed by atoms with Crippen LogP contribution >= 0.6 is 0 Å². The van der Waals surface area contributed by atoms with Gasteiger partial charge in [-0.1, -0.05) is 38.5 Å². The summed E-state index contributed by atoms with van der Waals surface area (Å²) in [6, 6.07) is 13.2. The molecule has 1 aliphatic carbocycles. The van der Waals surface area contributed by atoms with Crippen LogP contribution in [0.2, 0.25) is 0 Å². The summed E-state index contributed by atoms with van der Waals surface area (Å²) in [6.45, 7) is 5.96. The molecule has 1 aliphatic heterocycles. The normalized spacial score (nSPS) is 17.5. The van der Waals surface area contributed by atoms with Gasteiger partial charge >= 0.3 is 0 Å². The maximum absolute atomic E-state index is 13.9. The molecule has 0 spiro atoms. The Morgan fingerprint density at radius 1 is 1.00 bits per heavy atom. The number of carbonyl (C=O) groups excluding carboxylic acids is 2. The molecule has 2 amide bonds. The van der Waals surface area contributed by atoms with Crippen molar-refractivity contribution >= 4 is 17.5 Å². The molecule has 250 valence electrons. The number of para-hydroxylation sites is 2. The van der Waals surface area contributed by atoms with Gasteiger partial charge < -0.3 is 39.6 Å². The zero-order chi connectivity index (χ0) is 33.7. The lowest BCUT2D eigenvalue weighted by molar-refractivity contribution is -0.123. The number of amides is 2. The molecule has 0 saturated heterocycles. The molecule has 0 fully saturated rings. The lowest BCUT2D eigenvalue weighted by Crippen LogP contribution is -2.48. The van der Waals surface area contributed by atoms with Gasteiger partial charge in [0.15, 0.2) is 23.0 Å². The van der Waals surface area contributed by atoms with Crippen LogP contribution in [0.4, 0.5) is 5.69 Å². The van der Waals surface area contributed by atoms with E-state index in [-0.39, 0.29) is 41.5 Å². The van der Waals surface area contributed by atoms with Gasteiger partial charge in [-0.25, -0.2) is 0 Å². The zero-order valence-corrected chi connectivity index (χ0v) is 27.7. The Kier molecular flexibility index (Phi) is 10.4. The Hall–Kier alpha value is -4.93. The average molecular weight is 646 g/mol. The number of benzene rings is 2. The molecule has 1 unspecified atom stereocenters. The Balaban J connectivity index is 1.50.